The van der Waals surface area contributed by atoms with Gasteiger partial charge in [0.15, 0.2) is 0 Å². The Morgan fingerprint density at radius 3 is 2.57 bits per heavy atom. The van der Waals surface area contributed by atoms with Crippen LogP contribution in [0.4, 0.5) is 0 Å². The van der Waals surface area contributed by atoms with E-state index in [1.54, 1.807) is 0 Å². The van der Waals surface area contributed by atoms with Gasteiger partial charge in [0.1, 0.15) is 0 Å². The molecule has 0 heterocycles. The Kier molecular flexibility index (Phi) is 5.40. The van der Waals surface area contributed by atoms with Gasteiger partial charge >= 0.3 is 0 Å². The number of nitrogens with two attached hydrogens (primary N) is 1. The van der Waals surface area contributed by atoms with Crippen molar-refractivity contribution in [1.82, 2.24) is 5.32 Å². The quantitative estimate of drug-likeness (QED) is 0.843. The van der Waals surface area contributed by atoms with Crippen molar-refractivity contribution < 1.29 is 4.79 Å². The zero-order valence-corrected chi connectivity index (χ0v) is 13.3. The van der Waals surface area contributed by atoms with Crippen LogP contribution in [0.3, 0.4) is 0 Å². The molecule has 2 rings (SSSR count). The number of rotatable bonds is 6. The Hall–Kier alpha value is -1.35. The minimum absolute atomic E-state index is 0.125. The second-order valence-corrected chi connectivity index (χ2v) is 6.79. The molecule has 116 valence electrons. The van der Waals surface area contributed by atoms with Crippen LogP contribution in [0.2, 0.25) is 0 Å². The maximum atomic E-state index is 12.7. The summed E-state index contributed by atoms with van der Waals surface area (Å²) in [7, 11) is 0. The van der Waals surface area contributed by atoms with E-state index in [2.05, 4.69) is 25.2 Å². The molecule has 3 heteroatoms. The van der Waals surface area contributed by atoms with Crippen LogP contribution in [0.25, 0.3) is 0 Å². The molecule has 0 saturated heterocycles. The summed E-state index contributed by atoms with van der Waals surface area (Å²) in [5.41, 5.74) is 7.78. The molecule has 1 aliphatic carbocycles. The second-order valence-electron chi connectivity index (χ2n) is 6.79. The molecule has 3 nitrogen and oxygen atoms in total. The van der Waals surface area contributed by atoms with Crippen LogP contribution in [-0.4, -0.2) is 5.91 Å². The summed E-state index contributed by atoms with van der Waals surface area (Å²) < 4.78 is 0. The van der Waals surface area contributed by atoms with E-state index in [0.29, 0.717) is 19.0 Å². The van der Waals surface area contributed by atoms with Crippen LogP contribution in [0, 0.1) is 11.3 Å². The Labute approximate surface area is 128 Å². The van der Waals surface area contributed by atoms with Gasteiger partial charge in [-0.1, -0.05) is 51.0 Å². The molecule has 1 amide bonds. The van der Waals surface area contributed by atoms with Crippen LogP contribution < -0.4 is 11.1 Å². The fourth-order valence-corrected chi connectivity index (χ4v) is 3.59. The molecule has 1 aromatic rings. The van der Waals surface area contributed by atoms with E-state index in [9.17, 15) is 4.79 Å². The molecular formula is C18H28N2O. The maximum absolute atomic E-state index is 12.7. The van der Waals surface area contributed by atoms with Crippen LogP contribution >= 0.6 is 0 Å². The van der Waals surface area contributed by atoms with Gasteiger partial charge in [-0.05, 0) is 36.3 Å². The van der Waals surface area contributed by atoms with Gasteiger partial charge in [-0.2, -0.15) is 0 Å². The van der Waals surface area contributed by atoms with E-state index in [1.165, 1.54) is 12.8 Å². The van der Waals surface area contributed by atoms with Gasteiger partial charge in [0, 0.05) is 18.5 Å². The van der Waals surface area contributed by atoms with Gasteiger partial charge in [-0.25, -0.2) is 0 Å². The predicted molar refractivity (Wildman–Crippen MR) is 86.5 cm³/mol. The minimum atomic E-state index is -0.125. The first-order valence-electron chi connectivity index (χ1n) is 8.12. The monoisotopic (exact) mass is 288 g/mol. The van der Waals surface area contributed by atoms with Gasteiger partial charge in [0.05, 0.1) is 0 Å². The summed E-state index contributed by atoms with van der Waals surface area (Å²) in [6, 6.07) is 8.14. The molecule has 0 bridgehead atoms. The molecule has 1 saturated carbocycles. The summed E-state index contributed by atoms with van der Waals surface area (Å²) in [4.78, 5) is 12.7. The first-order valence-corrected chi connectivity index (χ1v) is 8.12. The molecule has 0 spiro atoms. The largest absolute Gasteiger partial charge is 0.352 e. The average Bonchev–Trinajstić information content (AvgIpc) is 2.94. The highest BCUT2D eigenvalue weighted by atomic mass is 16.2. The summed E-state index contributed by atoms with van der Waals surface area (Å²) in [6.07, 6.45) is 5.45. The summed E-state index contributed by atoms with van der Waals surface area (Å²) in [5.74, 6) is 0.807. The molecule has 0 unspecified atom stereocenters. The maximum Gasteiger partial charge on any atom is 0.226 e. The van der Waals surface area contributed by atoms with E-state index in [4.69, 9.17) is 5.73 Å². The fourth-order valence-electron chi connectivity index (χ4n) is 3.59. The molecule has 0 radical (unpaired) electrons. The Morgan fingerprint density at radius 2 is 1.95 bits per heavy atom. The van der Waals surface area contributed by atoms with Crippen molar-refractivity contribution in [2.24, 2.45) is 17.1 Å². The van der Waals surface area contributed by atoms with Crippen LogP contribution in [0.5, 0.6) is 0 Å². The minimum Gasteiger partial charge on any atom is -0.352 e. The standard InChI is InChI=1S/C18H28N2O/c1-14(2)11-18(8-3-4-9-18)17(21)20-13-16-7-5-6-15(10-16)12-19/h5-7,10,14H,3-4,8-9,11-13,19H2,1-2H3,(H,20,21). The summed E-state index contributed by atoms with van der Waals surface area (Å²) >= 11 is 0. The van der Waals surface area contributed by atoms with Crippen molar-refractivity contribution in [3.63, 3.8) is 0 Å². The molecule has 1 aromatic carbocycles. The van der Waals surface area contributed by atoms with Crippen molar-refractivity contribution in [1.29, 1.82) is 0 Å². The van der Waals surface area contributed by atoms with Gasteiger partial charge in [-0.15, -0.1) is 0 Å². The highest BCUT2D eigenvalue weighted by Gasteiger charge is 2.41. The lowest BCUT2D eigenvalue weighted by Gasteiger charge is -2.29. The number of benzene rings is 1. The van der Waals surface area contributed by atoms with E-state index in [0.717, 1.165) is 30.4 Å². The van der Waals surface area contributed by atoms with Crippen molar-refractivity contribution in [3.05, 3.63) is 35.4 Å². The van der Waals surface area contributed by atoms with Gasteiger partial charge < -0.3 is 11.1 Å². The second kappa shape index (κ2) is 7.08. The number of hydrogen-bond acceptors (Lipinski definition) is 2. The highest BCUT2D eigenvalue weighted by molar-refractivity contribution is 5.82. The van der Waals surface area contributed by atoms with Crippen LogP contribution in [0.15, 0.2) is 24.3 Å². The van der Waals surface area contributed by atoms with Crippen LogP contribution in [-0.2, 0) is 17.9 Å². The number of carbonyl (C=O) groups is 1. The Morgan fingerprint density at radius 1 is 1.29 bits per heavy atom. The third-order valence-electron chi connectivity index (χ3n) is 4.52. The summed E-state index contributed by atoms with van der Waals surface area (Å²) in [5, 5.41) is 3.16. The number of hydrogen-bond donors (Lipinski definition) is 2. The third kappa shape index (κ3) is 4.07. The Balaban J connectivity index is 1.99. The first kappa shape index (κ1) is 16.0. The van der Waals surface area contributed by atoms with Crippen molar-refractivity contribution in [2.75, 3.05) is 0 Å². The van der Waals surface area contributed by atoms with Crippen molar-refractivity contribution in [2.45, 2.75) is 59.0 Å². The molecule has 0 aliphatic heterocycles. The van der Waals surface area contributed by atoms with E-state index in [1.807, 2.05) is 18.2 Å². The molecule has 1 fully saturated rings. The topological polar surface area (TPSA) is 55.1 Å². The van der Waals surface area contributed by atoms with Crippen molar-refractivity contribution >= 4 is 5.91 Å². The molecule has 0 aromatic heterocycles. The molecule has 21 heavy (non-hydrogen) atoms. The number of carbonyl (C=O) groups excluding carboxylic acids is 1. The predicted octanol–water partition coefficient (Wildman–Crippen LogP) is 3.37. The van der Waals surface area contributed by atoms with E-state index in [-0.39, 0.29) is 11.3 Å². The fraction of sp³-hybridized carbons (Fsp3) is 0.611. The zero-order chi connectivity index (χ0) is 15.3. The van der Waals surface area contributed by atoms with Gasteiger partial charge in [0.25, 0.3) is 0 Å². The molecular weight excluding hydrogens is 260 g/mol. The number of amides is 1. The van der Waals surface area contributed by atoms with E-state index >= 15 is 0 Å². The van der Waals surface area contributed by atoms with Crippen LogP contribution in [0.1, 0.15) is 57.1 Å². The average molecular weight is 288 g/mol. The lowest BCUT2D eigenvalue weighted by molar-refractivity contribution is -0.132. The molecule has 1 aliphatic rings. The summed E-state index contributed by atoms with van der Waals surface area (Å²) in [6.45, 7) is 5.56. The zero-order valence-electron chi connectivity index (χ0n) is 13.3. The highest BCUT2D eigenvalue weighted by Crippen LogP contribution is 2.43. The number of nitrogens with one attached hydrogen (secondary N) is 1. The lowest BCUT2D eigenvalue weighted by atomic mass is 9.77. The Bertz CT molecular complexity index is 476. The normalized spacial score (nSPS) is 17.1. The first-order chi connectivity index (χ1) is 10.1. The molecule has 0 atom stereocenters. The van der Waals surface area contributed by atoms with Gasteiger partial charge in [0.2, 0.25) is 5.91 Å². The smallest absolute Gasteiger partial charge is 0.226 e. The van der Waals surface area contributed by atoms with Crippen molar-refractivity contribution in [3.8, 4) is 0 Å². The van der Waals surface area contributed by atoms with Gasteiger partial charge in [-0.3, -0.25) is 4.79 Å². The van der Waals surface area contributed by atoms with E-state index < -0.39 is 0 Å². The lowest BCUT2D eigenvalue weighted by Crippen LogP contribution is -2.39. The SMILES string of the molecule is CC(C)CC1(C(=O)NCc2cccc(CN)c2)CCCC1. The third-order valence-corrected chi connectivity index (χ3v) is 4.52. The molecule has 3 N–H and O–H groups in total.